The molecule has 0 saturated heterocycles. The Morgan fingerprint density at radius 1 is 1.35 bits per heavy atom. The van der Waals surface area contributed by atoms with E-state index in [9.17, 15) is 13.7 Å². The molecule has 0 bridgehead atoms. The minimum atomic E-state index is -3.72. The second-order valence-electron chi connectivity index (χ2n) is 6.34. The molecule has 0 aromatic carbocycles. The van der Waals surface area contributed by atoms with Crippen LogP contribution in [-0.2, 0) is 10.0 Å². The third-order valence-electron chi connectivity index (χ3n) is 4.67. The van der Waals surface area contributed by atoms with Crippen LogP contribution >= 0.6 is 11.3 Å². The van der Waals surface area contributed by atoms with E-state index in [2.05, 4.69) is 11.1 Å². The van der Waals surface area contributed by atoms with Gasteiger partial charge in [-0.2, -0.15) is 5.26 Å². The summed E-state index contributed by atoms with van der Waals surface area (Å²) < 4.78 is 27.1. The summed E-state index contributed by atoms with van der Waals surface area (Å²) in [4.78, 5) is 4.81. The predicted molar refractivity (Wildman–Crippen MR) is 103 cm³/mol. The van der Waals surface area contributed by atoms with Gasteiger partial charge in [0.25, 0.3) is 0 Å². The average Bonchev–Trinajstić information content (AvgIpc) is 3.28. The van der Waals surface area contributed by atoms with Gasteiger partial charge >= 0.3 is 0 Å². The van der Waals surface area contributed by atoms with Crippen LogP contribution in [0, 0.1) is 11.3 Å². The highest BCUT2D eigenvalue weighted by atomic mass is 32.2. The van der Waals surface area contributed by atoms with Crippen molar-refractivity contribution in [2.24, 2.45) is 0 Å². The topological polar surface area (TPSA) is 75.8 Å². The summed E-state index contributed by atoms with van der Waals surface area (Å²) in [7, 11) is -3.72. The van der Waals surface area contributed by atoms with Crippen LogP contribution in [0.3, 0.4) is 0 Å². The second-order valence-corrected chi connectivity index (χ2v) is 9.53. The van der Waals surface area contributed by atoms with Crippen molar-refractivity contribution in [3.05, 3.63) is 70.7 Å². The molecule has 26 heavy (non-hydrogen) atoms. The van der Waals surface area contributed by atoms with Crippen LogP contribution in [0.25, 0.3) is 16.6 Å². The van der Waals surface area contributed by atoms with Crippen LogP contribution in [0.1, 0.15) is 23.8 Å². The summed E-state index contributed by atoms with van der Waals surface area (Å²) in [6.07, 6.45) is 8.86. The smallest absolute Gasteiger partial charge is 0.248 e. The van der Waals surface area contributed by atoms with Crippen LogP contribution in [0.4, 0.5) is 0 Å². The number of nitriles is 1. The first-order valence-corrected chi connectivity index (χ1v) is 10.3. The van der Waals surface area contributed by atoms with E-state index in [0.29, 0.717) is 22.3 Å². The molecular formula is C19H15N3O2S2. The Hall–Kier alpha value is -2.69. The van der Waals surface area contributed by atoms with Gasteiger partial charge in [0.1, 0.15) is 15.7 Å². The number of aromatic nitrogens is 2. The summed E-state index contributed by atoms with van der Waals surface area (Å²) in [5, 5.41) is 11.1. The number of hydrogen-bond donors (Lipinski definition) is 0. The van der Waals surface area contributed by atoms with Gasteiger partial charge in [-0.1, -0.05) is 18.2 Å². The Bertz CT molecular complexity index is 1210. The van der Waals surface area contributed by atoms with Gasteiger partial charge in [0.2, 0.25) is 10.0 Å². The number of fused-ring (bicyclic) bond motifs is 1. The third-order valence-corrected chi connectivity index (χ3v) is 7.78. The first-order valence-electron chi connectivity index (χ1n) is 8.00. The molecule has 3 heterocycles. The number of nitrogens with zero attached hydrogens (tertiary/aromatic N) is 3. The maximum absolute atomic E-state index is 13.4. The molecule has 1 aliphatic carbocycles. The Kier molecular flexibility index (Phi) is 3.83. The van der Waals surface area contributed by atoms with E-state index in [1.807, 2.05) is 17.5 Å². The highest BCUT2D eigenvalue weighted by Gasteiger charge is 2.41. The van der Waals surface area contributed by atoms with E-state index in [1.54, 1.807) is 49.7 Å². The SMILES string of the molecule is CC1(S(=O)(=O)n2ccc3ncccc32)C=CC=C(c2ccsc2C#N)C1. The second kappa shape index (κ2) is 5.94. The minimum absolute atomic E-state index is 0.303. The summed E-state index contributed by atoms with van der Waals surface area (Å²) in [5.74, 6) is 0. The lowest BCUT2D eigenvalue weighted by Crippen LogP contribution is -2.38. The van der Waals surface area contributed by atoms with E-state index in [4.69, 9.17) is 0 Å². The maximum atomic E-state index is 13.4. The molecule has 0 fully saturated rings. The molecule has 0 spiro atoms. The van der Waals surface area contributed by atoms with Gasteiger partial charge in [-0.3, -0.25) is 4.98 Å². The highest BCUT2D eigenvalue weighted by Crippen LogP contribution is 2.39. The van der Waals surface area contributed by atoms with Crippen LogP contribution in [0.2, 0.25) is 0 Å². The lowest BCUT2D eigenvalue weighted by atomic mass is 9.91. The molecule has 3 aromatic heterocycles. The van der Waals surface area contributed by atoms with Gasteiger partial charge in [0, 0.05) is 18.0 Å². The fraction of sp³-hybridized carbons (Fsp3) is 0.158. The number of allylic oxidation sites excluding steroid dienone is 3. The molecule has 1 aliphatic rings. The monoisotopic (exact) mass is 381 g/mol. The third kappa shape index (κ3) is 2.42. The Morgan fingerprint density at radius 3 is 3.00 bits per heavy atom. The molecule has 0 amide bonds. The normalized spacial score (nSPS) is 20.1. The van der Waals surface area contributed by atoms with Crippen molar-refractivity contribution in [1.82, 2.24) is 8.96 Å². The molecule has 1 atom stereocenters. The molecular weight excluding hydrogens is 366 g/mol. The first kappa shape index (κ1) is 16.8. The van der Waals surface area contributed by atoms with Gasteiger partial charge in [0.05, 0.1) is 11.0 Å². The molecule has 1 unspecified atom stereocenters. The van der Waals surface area contributed by atoms with Crippen molar-refractivity contribution in [3.63, 3.8) is 0 Å². The van der Waals surface area contributed by atoms with E-state index in [1.165, 1.54) is 15.3 Å². The molecule has 4 rings (SSSR count). The minimum Gasteiger partial charge on any atom is -0.255 e. The van der Waals surface area contributed by atoms with E-state index in [0.717, 1.165) is 11.1 Å². The summed E-state index contributed by atoms with van der Waals surface area (Å²) >= 11 is 1.36. The van der Waals surface area contributed by atoms with Crippen molar-refractivity contribution in [1.29, 1.82) is 5.26 Å². The van der Waals surface area contributed by atoms with Gasteiger partial charge in [-0.25, -0.2) is 12.4 Å². The van der Waals surface area contributed by atoms with Crippen LogP contribution in [0.5, 0.6) is 0 Å². The molecule has 5 nitrogen and oxygen atoms in total. The number of thiophene rings is 1. The average molecular weight is 381 g/mol. The Balaban J connectivity index is 1.79. The number of pyridine rings is 1. The zero-order valence-corrected chi connectivity index (χ0v) is 15.6. The zero-order chi connectivity index (χ0) is 18.4. The molecule has 7 heteroatoms. The van der Waals surface area contributed by atoms with Crippen molar-refractivity contribution < 1.29 is 8.42 Å². The summed E-state index contributed by atoms with van der Waals surface area (Å²) in [6.45, 7) is 1.71. The standard InChI is InChI=1S/C19H15N3O2S2/c1-19(8-2-4-14(12-19)15-7-11-25-18(15)13-20)26(23,24)22-10-6-16-17(22)5-3-9-21-16/h2-11H,12H2,1H3. The van der Waals surface area contributed by atoms with Gasteiger partial charge in [-0.15, -0.1) is 11.3 Å². The Morgan fingerprint density at radius 2 is 2.19 bits per heavy atom. The van der Waals surface area contributed by atoms with E-state index in [-0.39, 0.29) is 0 Å². The van der Waals surface area contributed by atoms with Crippen LogP contribution in [0.15, 0.2) is 60.3 Å². The maximum Gasteiger partial charge on any atom is 0.248 e. The zero-order valence-electron chi connectivity index (χ0n) is 14.0. The van der Waals surface area contributed by atoms with Crippen LogP contribution in [-0.4, -0.2) is 22.1 Å². The number of rotatable bonds is 3. The molecule has 0 aliphatic heterocycles. The molecule has 0 N–H and O–H groups in total. The fourth-order valence-corrected chi connectivity index (χ4v) is 5.64. The molecule has 3 aromatic rings. The summed E-state index contributed by atoms with van der Waals surface area (Å²) in [6, 6.07) is 9.23. The molecule has 130 valence electrons. The first-order chi connectivity index (χ1) is 12.5. The summed E-state index contributed by atoms with van der Waals surface area (Å²) in [5.41, 5.74) is 2.86. The quantitative estimate of drug-likeness (QED) is 0.688. The van der Waals surface area contributed by atoms with E-state index >= 15 is 0 Å². The van der Waals surface area contributed by atoms with Gasteiger partial charge in [0.15, 0.2) is 0 Å². The fourth-order valence-electron chi connectivity index (χ4n) is 3.25. The van der Waals surface area contributed by atoms with Gasteiger partial charge in [-0.05, 0) is 48.6 Å². The van der Waals surface area contributed by atoms with Crippen LogP contribution < -0.4 is 0 Å². The van der Waals surface area contributed by atoms with Crippen molar-refractivity contribution in [2.75, 3.05) is 0 Å². The predicted octanol–water partition coefficient (Wildman–Crippen LogP) is 3.95. The lowest BCUT2D eigenvalue weighted by molar-refractivity contribution is 0.556. The lowest BCUT2D eigenvalue weighted by Gasteiger charge is -2.30. The van der Waals surface area contributed by atoms with Crippen molar-refractivity contribution in [3.8, 4) is 6.07 Å². The van der Waals surface area contributed by atoms with Crippen molar-refractivity contribution >= 4 is 38.0 Å². The molecule has 0 radical (unpaired) electrons. The van der Waals surface area contributed by atoms with Gasteiger partial charge < -0.3 is 0 Å². The highest BCUT2D eigenvalue weighted by molar-refractivity contribution is 7.91. The molecule has 0 saturated carbocycles. The Labute approximate surface area is 155 Å². The van der Waals surface area contributed by atoms with Crippen molar-refractivity contribution in [2.45, 2.75) is 18.1 Å². The largest absolute Gasteiger partial charge is 0.255 e. The van der Waals surface area contributed by atoms with E-state index < -0.39 is 14.8 Å². The number of hydrogen-bond acceptors (Lipinski definition) is 5.